The summed E-state index contributed by atoms with van der Waals surface area (Å²) in [6, 6.07) is 10.5. The molecule has 1 unspecified atom stereocenters. The standard InChI is InChI=1S/C17H23N5/c1-2-7-14(8-3-1)13-22-16(19-20-21-22)17(11-6-12-18-17)15-9-4-5-10-15/h1-3,7-8,15,18H,4-6,9-13H2. The lowest BCUT2D eigenvalue weighted by Gasteiger charge is -2.34. The van der Waals surface area contributed by atoms with Gasteiger partial charge in [-0.1, -0.05) is 43.2 Å². The quantitative estimate of drug-likeness (QED) is 0.942. The van der Waals surface area contributed by atoms with Gasteiger partial charge in [0.2, 0.25) is 0 Å². The first kappa shape index (κ1) is 13.9. The number of rotatable bonds is 4. The Morgan fingerprint density at radius 1 is 1.14 bits per heavy atom. The van der Waals surface area contributed by atoms with Crippen LogP contribution in [-0.2, 0) is 12.1 Å². The summed E-state index contributed by atoms with van der Waals surface area (Å²) in [6.07, 6.45) is 7.65. The minimum atomic E-state index is -0.00518. The van der Waals surface area contributed by atoms with Crippen LogP contribution in [0.25, 0.3) is 0 Å². The molecule has 1 N–H and O–H groups in total. The highest BCUT2D eigenvalue weighted by Gasteiger charge is 2.47. The van der Waals surface area contributed by atoms with E-state index in [1.807, 2.05) is 10.7 Å². The monoisotopic (exact) mass is 297 g/mol. The van der Waals surface area contributed by atoms with Crippen molar-refractivity contribution in [3.05, 3.63) is 41.7 Å². The minimum absolute atomic E-state index is 0.00518. The van der Waals surface area contributed by atoms with Crippen molar-refractivity contribution in [2.45, 2.75) is 50.6 Å². The molecular formula is C17H23N5. The van der Waals surface area contributed by atoms with Crippen LogP contribution >= 0.6 is 0 Å². The summed E-state index contributed by atoms with van der Waals surface area (Å²) in [6.45, 7) is 1.83. The van der Waals surface area contributed by atoms with Gasteiger partial charge in [0.05, 0.1) is 12.1 Å². The lowest BCUT2D eigenvalue weighted by atomic mass is 9.80. The van der Waals surface area contributed by atoms with E-state index in [4.69, 9.17) is 0 Å². The zero-order chi connectivity index (χ0) is 14.8. The summed E-state index contributed by atoms with van der Waals surface area (Å²) in [5.41, 5.74) is 1.24. The van der Waals surface area contributed by atoms with E-state index in [9.17, 15) is 0 Å². The van der Waals surface area contributed by atoms with Gasteiger partial charge in [0.25, 0.3) is 0 Å². The number of tetrazole rings is 1. The van der Waals surface area contributed by atoms with Crippen LogP contribution < -0.4 is 5.32 Å². The maximum absolute atomic E-state index is 4.45. The summed E-state index contributed by atoms with van der Waals surface area (Å²) in [4.78, 5) is 0. The fourth-order valence-corrected chi connectivity index (χ4v) is 4.29. The van der Waals surface area contributed by atoms with E-state index in [1.165, 1.54) is 37.7 Å². The molecule has 1 saturated heterocycles. The average molecular weight is 297 g/mol. The van der Waals surface area contributed by atoms with Gasteiger partial charge >= 0.3 is 0 Å². The summed E-state index contributed by atoms with van der Waals surface area (Å²) >= 11 is 0. The first-order valence-corrected chi connectivity index (χ1v) is 8.44. The van der Waals surface area contributed by atoms with E-state index < -0.39 is 0 Å². The number of aromatic nitrogens is 4. The van der Waals surface area contributed by atoms with Gasteiger partial charge in [-0.05, 0) is 54.1 Å². The van der Waals surface area contributed by atoms with Gasteiger partial charge in [0.15, 0.2) is 5.82 Å². The molecule has 0 bridgehead atoms. The largest absolute Gasteiger partial charge is 0.304 e. The average Bonchev–Trinajstić information content (AvgIpc) is 3.30. The highest BCUT2D eigenvalue weighted by atomic mass is 15.6. The van der Waals surface area contributed by atoms with Gasteiger partial charge in [-0.2, -0.15) is 0 Å². The van der Waals surface area contributed by atoms with E-state index in [2.05, 4.69) is 45.1 Å². The van der Waals surface area contributed by atoms with Crippen LogP contribution in [0.1, 0.15) is 49.9 Å². The highest BCUT2D eigenvalue weighted by Crippen LogP contribution is 2.44. The molecule has 0 radical (unpaired) electrons. The first-order valence-electron chi connectivity index (χ1n) is 8.44. The van der Waals surface area contributed by atoms with E-state index in [1.54, 1.807) is 0 Å². The Kier molecular flexibility index (Phi) is 3.66. The van der Waals surface area contributed by atoms with Crippen molar-refractivity contribution in [3.8, 4) is 0 Å². The summed E-state index contributed by atoms with van der Waals surface area (Å²) < 4.78 is 2.01. The fourth-order valence-electron chi connectivity index (χ4n) is 4.29. The van der Waals surface area contributed by atoms with Crippen molar-refractivity contribution in [2.24, 2.45) is 5.92 Å². The normalized spacial score (nSPS) is 25.8. The second-order valence-electron chi connectivity index (χ2n) is 6.63. The molecule has 1 saturated carbocycles. The van der Waals surface area contributed by atoms with Gasteiger partial charge in [-0.25, -0.2) is 4.68 Å². The lowest BCUT2D eigenvalue weighted by Crippen LogP contribution is -2.45. The second-order valence-corrected chi connectivity index (χ2v) is 6.63. The predicted molar refractivity (Wildman–Crippen MR) is 84.2 cm³/mol. The molecule has 0 spiro atoms. The molecule has 4 rings (SSSR count). The molecule has 1 aromatic carbocycles. The third-order valence-corrected chi connectivity index (χ3v) is 5.35. The van der Waals surface area contributed by atoms with E-state index in [0.29, 0.717) is 5.92 Å². The molecule has 2 fully saturated rings. The molecule has 1 aliphatic carbocycles. The van der Waals surface area contributed by atoms with Crippen molar-refractivity contribution in [1.29, 1.82) is 0 Å². The van der Waals surface area contributed by atoms with Crippen LogP contribution in [-0.4, -0.2) is 26.8 Å². The Bertz CT molecular complexity index is 609. The van der Waals surface area contributed by atoms with Gasteiger partial charge < -0.3 is 5.32 Å². The van der Waals surface area contributed by atoms with Crippen LogP contribution in [0.5, 0.6) is 0 Å². The van der Waals surface area contributed by atoms with Crippen LogP contribution in [0.3, 0.4) is 0 Å². The van der Waals surface area contributed by atoms with Gasteiger partial charge in [0.1, 0.15) is 0 Å². The topological polar surface area (TPSA) is 55.6 Å². The maximum Gasteiger partial charge on any atom is 0.172 e. The molecule has 2 heterocycles. The molecule has 1 aromatic heterocycles. The second kappa shape index (κ2) is 5.80. The van der Waals surface area contributed by atoms with E-state index in [-0.39, 0.29) is 5.54 Å². The van der Waals surface area contributed by atoms with Crippen LogP contribution in [0.4, 0.5) is 0 Å². The summed E-state index contributed by atoms with van der Waals surface area (Å²) in [5.74, 6) is 1.72. The third-order valence-electron chi connectivity index (χ3n) is 5.35. The van der Waals surface area contributed by atoms with Crippen molar-refractivity contribution < 1.29 is 0 Å². The molecule has 0 amide bonds. The van der Waals surface area contributed by atoms with Gasteiger partial charge in [-0.3, -0.25) is 0 Å². The molecule has 22 heavy (non-hydrogen) atoms. The van der Waals surface area contributed by atoms with E-state index >= 15 is 0 Å². The van der Waals surface area contributed by atoms with Crippen molar-refractivity contribution in [3.63, 3.8) is 0 Å². The fraction of sp³-hybridized carbons (Fsp3) is 0.588. The number of nitrogens with one attached hydrogen (secondary N) is 1. The van der Waals surface area contributed by atoms with Crippen molar-refractivity contribution >= 4 is 0 Å². The molecular weight excluding hydrogens is 274 g/mol. The molecule has 5 heteroatoms. The third kappa shape index (κ3) is 2.33. The Labute approximate surface area is 131 Å². The van der Waals surface area contributed by atoms with Crippen LogP contribution in [0.15, 0.2) is 30.3 Å². The zero-order valence-corrected chi connectivity index (χ0v) is 12.9. The molecule has 116 valence electrons. The van der Waals surface area contributed by atoms with Crippen molar-refractivity contribution in [1.82, 2.24) is 25.5 Å². The van der Waals surface area contributed by atoms with Gasteiger partial charge in [-0.15, -0.1) is 5.10 Å². The van der Waals surface area contributed by atoms with Crippen LogP contribution in [0, 0.1) is 5.92 Å². The SMILES string of the molecule is c1ccc(Cn2nnnc2C2(C3CCCC3)CCCN2)cc1. The van der Waals surface area contributed by atoms with E-state index in [0.717, 1.165) is 25.3 Å². The first-order chi connectivity index (χ1) is 10.9. The highest BCUT2D eigenvalue weighted by molar-refractivity contribution is 5.17. The molecule has 1 atom stereocenters. The number of nitrogens with zero attached hydrogens (tertiary/aromatic N) is 4. The summed E-state index contributed by atoms with van der Waals surface area (Å²) in [7, 11) is 0. The summed E-state index contributed by atoms with van der Waals surface area (Å²) in [5, 5.41) is 16.5. The number of hydrogen-bond donors (Lipinski definition) is 1. The molecule has 2 aliphatic rings. The Morgan fingerprint density at radius 3 is 2.68 bits per heavy atom. The predicted octanol–water partition coefficient (Wildman–Crippen LogP) is 2.49. The van der Waals surface area contributed by atoms with Crippen molar-refractivity contribution in [2.75, 3.05) is 6.54 Å². The smallest absolute Gasteiger partial charge is 0.172 e. The lowest BCUT2D eigenvalue weighted by molar-refractivity contribution is 0.219. The molecule has 2 aromatic rings. The zero-order valence-electron chi connectivity index (χ0n) is 12.9. The molecule has 5 nitrogen and oxygen atoms in total. The number of hydrogen-bond acceptors (Lipinski definition) is 4. The Hall–Kier alpha value is -1.75. The Morgan fingerprint density at radius 2 is 1.95 bits per heavy atom. The number of benzene rings is 1. The van der Waals surface area contributed by atoms with Crippen LogP contribution in [0.2, 0.25) is 0 Å². The minimum Gasteiger partial charge on any atom is -0.304 e. The maximum atomic E-state index is 4.45. The van der Waals surface area contributed by atoms with Gasteiger partial charge in [0, 0.05) is 0 Å². The Balaban J connectivity index is 1.67. The molecule has 1 aliphatic heterocycles.